The van der Waals surface area contributed by atoms with E-state index in [0.29, 0.717) is 11.7 Å². The molecule has 0 radical (unpaired) electrons. The molecule has 1 N–H and O–H groups in total. The molecule has 0 aromatic heterocycles. The van der Waals surface area contributed by atoms with Gasteiger partial charge in [-0.25, -0.2) is 8.78 Å². The number of rotatable bonds is 4. The summed E-state index contributed by atoms with van der Waals surface area (Å²) in [5.74, 6) is -3.33. The lowest BCUT2D eigenvalue weighted by molar-refractivity contribution is 0.363. The van der Waals surface area contributed by atoms with E-state index in [1.165, 1.54) is 0 Å². The van der Waals surface area contributed by atoms with Crippen LogP contribution in [0.4, 0.5) is 13.2 Å². The van der Waals surface area contributed by atoms with Gasteiger partial charge in [0.1, 0.15) is 5.75 Å². The highest BCUT2D eigenvalue weighted by Crippen LogP contribution is 2.31. The van der Waals surface area contributed by atoms with E-state index in [0.717, 1.165) is 50.0 Å². The molecule has 1 saturated heterocycles. The highest BCUT2D eigenvalue weighted by atomic mass is 19.2. The molecule has 2 aromatic carbocycles. The van der Waals surface area contributed by atoms with Crippen molar-refractivity contribution in [3.05, 3.63) is 59.4 Å². The summed E-state index contributed by atoms with van der Waals surface area (Å²) in [6, 6.07) is 9.29. The Morgan fingerprint density at radius 3 is 2.43 bits per heavy atom. The number of hydrogen-bond donors (Lipinski definition) is 1. The lowest BCUT2D eigenvalue weighted by Crippen LogP contribution is -2.28. The molecule has 0 aliphatic carbocycles. The Labute approximate surface area is 133 Å². The standard InChI is InChI=1S/C18H18F3NO/c19-14-5-6-16(18(21)17(14)20)23-15-4-2-1-3-13(15)11-12-7-9-22-10-8-12/h1-6,12,22H,7-11H2. The smallest absolute Gasteiger partial charge is 0.204 e. The summed E-state index contributed by atoms with van der Waals surface area (Å²) in [4.78, 5) is 0. The highest BCUT2D eigenvalue weighted by Gasteiger charge is 2.18. The molecule has 2 nitrogen and oxygen atoms in total. The van der Waals surface area contributed by atoms with E-state index in [9.17, 15) is 13.2 Å². The second-order valence-electron chi connectivity index (χ2n) is 5.78. The minimum atomic E-state index is -1.52. The molecule has 0 unspecified atom stereocenters. The maximum Gasteiger partial charge on any atom is 0.204 e. The van der Waals surface area contributed by atoms with Gasteiger partial charge in [-0.2, -0.15) is 4.39 Å². The average Bonchev–Trinajstić information content (AvgIpc) is 2.58. The maximum atomic E-state index is 13.8. The van der Waals surface area contributed by atoms with Gasteiger partial charge in [-0.3, -0.25) is 0 Å². The van der Waals surface area contributed by atoms with Gasteiger partial charge >= 0.3 is 0 Å². The SMILES string of the molecule is Fc1ccc(Oc2ccccc2CC2CCNCC2)c(F)c1F. The number of halogens is 3. The number of para-hydroxylation sites is 1. The highest BCUT2D eigenvalue weighted by molar-refractivity contribution is 5.39. The van der Waals surface area contributed by atoms with E-state index in [1.54, 1.807) is 12.1 Å². The number of piperidine rings is 1. The molecule has 1 fully saturated rings. The summed E-state index contributed by atoms with van der Waals surface area (Å²) in [6.45, 7) is 1.98. The van der Waals surface area contributed by atoms with Crippen molar-refractivity contribution in [1.29, 1.82) is 0 Å². The molecule has 3 rings (SSSR count). The predicted molar refractivity (Wildman–Crippen MR) is 82.1 cm³/mol. The molecule has 0 spiro atoms. The Hall–Kier alpha value is -2.01. The fourth-order valence-corrected chi connectivity index (χ4v) is 2.87. The van der Waals surface area contributed by atoms with Crippen LogP contribution in [-0.4, -0.2) is 13.1 Å². The van der Waals surface area contributed by atoms with Crippen molar-refractivity contribution < 1.29 is 17.9 Å². The van der Waals surface area contributed by atoms with Crippen LogP contribution in [0.1, 0.15) is 18.4 Å². The first kappa shape index (κ1) is 15.9. The molecule has 5 heteroatoms. The Kier molecular flexibility index (Phi) is 4.86. The second kappa shape index (κ2) is 7.04. The number of benzene rings is 2. The van der Waals surface area contributed by atoms with Crippen LogP contribution in [0.25, 0.3) is 0 Å². The van der Waals surface area contributed by atoms with E-state index in [-0.39, 0.29) is 5.75 Å². The summed E-state index contributed by atoms with van der Waals surface area (Å²) in [5, 5.41) is 3.32. The van der Waals surface area contributed by atoms with Crippen LogP contribution >= 0.6 is 0 Å². The van der Waals surface area contributed by atoms with Crippen LogP contribution in [0.15, 0.2) is 36.4 Å². The lowest BCUT2D eigenvalue weighted by Gasteiger charge is -2.23. The van der Waals surface area contributed by atoms with E-state index in [1.807, 2.05) is 12.1 Å². The molecule has 1 heterocycles. The molecular weight excluding hydrogens is 303 g/mol. The largest absolute Gasteiger partial charge is 0.454 e. The van der Waals surface area contributed by atoms with E-state index in [2.05, 4.69) is 5.32 Å². The van der Waals surface area contributed by atoms with Gasteiger partial charge in [0, 0.05) is 0 Å². The van der Waals surface area contributed by atoms with Crippen LogP contribution in [-0.2, 0) is 6.42 Å². The van der Waals surface area contributed by atoms with Gasteiger partial charge in [0.25, 0.3) is 0 Å². The molecule has 0 atom stereocenters. The van der Waals surface area contributed by atoms with Gasteiger partial charge in [0.15, 0.2) is 17.4 Å². The fraction of sp³-hybridized carbons (Fsp3) is 0.333. The zero-order chi connectivity index (χ0) is 16.2. The first-order valence-corrected chi connectivity index (χ1v) is 7.75. The van der Waals surface area contributed by atoms with Gasteiger partial charge in [-0.15, -0.1) is 0 Å². The summed E-state index contributed by atoms with van der Waals surface area (Å²) < 4.78 is 45.7. The monoisotopic (exact) mass is 321 g/mol. The predicted octanol–water partition coefficient (Wildman–Crippen LogP) is 4.44. The van der Waals surface area contributed by atoms with Crippen LogP contribution in [0, 0.1) is 23.4 Å². The number of nitrogens with one attached hydrogen (secondary N) is 1. The first-order chi connectivity index (χ1) is 11.1. The molecule has 0 bridgehead atoms. The number of ether oxygens (including phenoxy) is 1. The fourth-order valence-electron chi connectivity index (χ4n) is 2.87. The van der Waals surface area contributed by atoms with Crippen molar-refractivity contribution in [3.63, 3.8) is 0 Å². The average molecular weight is 321 g/mol. The first-order valence-electron chi connectivity index (χ1n) is 7.75. The van der Waals surface area contributed by atoms with Crippen molar-refractivity contribution in [2.75, 3.05) is 13.1 Å². The summed E-state index contributed by atoms with van der Waals surface area (Å²) in [6.07, 6.45) is 2.98. The van der Waals surface area contributed by atoms with E-state index in [4.69, 9.17) is 4.74 Å². The zero-order valence-electron chi connectivity index (χ0n) is 12.6. The van der Waals surface area contributed by atoms with Crippen LogP contribution in [0.5, 0.6) is 11.5 Å². The van der Waals surface area contributed by atoms with Crippen LogP contribution in [0.2, 0.25) is 0 Å². The van der Waals surface area contributed by atoms with Crippen molar-refractivity contribution in [2.45, 2.75) is 19.3 Å². The lowest BCUT2D eigenvalue weighted by atomic mass is 9.90. The molecule has 1 aliphatic rings. The summed E-state index contributed by atoms with van der Waals surface area (Å²) in [5.41, 5.74) is 0.948. The molecule has 0 saturated carbocycles. The molecule has 23 heavy (non-hydrogen) atoms. The summed E-state index contributed by atoms with van der Waals surface area (Å²) in [7, 11) is 0. The zero-order valence-corrected chi connectivity index (χ0v) is 12.6. The molecule has 1 aliphatic heterocycles. The van der Waals surface area contributed by atoms with Crippen molar-refractivity contribution in [3.8, 4) is 11.5 Å². The molecule has 122 valence electrons. The topological polar surface area (TPSA) is 21.3 Å². The third-order valence-electron chi connectivity index (χ3n) is 4.16. The second-order valence-corrected chi connectivity index (χ2v) is 5.78. The van der Waals surface area contributed by atoms with Gasteiger partial charge < -0.3 is 10.1 Å². The minimum absolute atomic E-state index is 0.304. The van der Waals surface area contributed by atoms with E-state index < -0.39 is 17.5 Å². The Morgan fingerprint density at radius 2 is 1.65 bits per heavy atom. The quantitative estimate of drug-likeness (QED) is 0.841. The Balaban J connectivity index is 1.81. The van der Waals surface area contributed by atoms with Gasteiger partial charge in [0.2, 0.25) is 5.82 Å². The number of hydrogen-bond acceptors (Lipinski definition) is 2. The Bertz CT molecular complexity index is 684. The van der Waals surface area contributed by atoms with Gasteiger partial charge in [-0.1, -0.05) is 18.2 Å². The summed E-state index contributed by atoms with van der Waals surface area (Å²) >= 11 is 0. The maximum absolute atomic E-state index is 13.8. The van der Waals surface area contributed by atoms with Crippen molar-refractivity contribution >= 4 is 0 Å². The normalized spacial score (nSPS) is 15.6. The molecule has 0 amide bonds. The van der Waals surface area contributed by atoms with Crippen LogP contribution < -0.4 is 10.1 Å². The molecule has 2 aromatic rings. The molecular formula is C18H18F3NO. The third-order valence-corrected chi connectivity index (χ3v) is 4.16. The van der Waals surface area contributed by atoms with E-state index >= 15 is 0 Å². The third kappa shape index (κ3) is 3.67. The van der Waals surface area contributed by atoms with Crippen LogP contribution in [0.3, 0.4) is 0 Å². The van der Waals surface area contributed by atoms with Crippen molar-refractivity contribution in [1.82, 2.24) is 5.32 Å². The van der Waals surface area contributed by atoms with Gasteiger partial charge in [0.05, 0.1) is 0 Å². The van der Waals surface area contributed by atoms with Gasteiger partial charge in [-0.05, 0) is 62.0 Å². The Morgan fingerprint density at radius 1 is 0.913 bits per heavy atom. The minimum Gasteiger partial charge on any atom is -0.454 e. The van der Waals surface area contributed by atoms with Crippen molar-refractivity contribution in [2.24, 2.45) is 5.92 Å².